The van der Waals surface area contributed by atoms with E-state index in [0.29, 0.717) is 26.1 Å². The number of carboxylic acids is 1. The fraction of sp³-hybridized carbons (Fsp3) is 0.500. The highest BCUT2D eigenvalue weighted by molar-refractivity contribution is 5.73. The summed E-state index contributed by atoms with van der Waals surface area (Å²) >= 11 is 0. The van der Waals surface area contributed by atoms with Crippen molar-refractivity contribution in [2.45, 2.75) is 25.5 Å². The van der Waals surface area contributed by atoms with Gasteiger partial charge in [-0.05, 0) is 24.1 Å². The molecule has 0 amide bonds. The number of aliphatic carboxylic acids is 1. The summed E-state index contributed by atoms with van der Waals surface area (Å²) in [7, 11) is 0. The van der Waals surface area contributed by atoms with Crippen LogP contribution in [0.2, 0.25) is 0 Å². The molecule has 1 aliphatic heterocycles. The van der Waals surface area contributed by atoms with E-state index in [2.05, 4.69) is 0 Å². The van der Waals surface area contributed by atoms with Gasteiger partial charge in [-0.1, -0.05) is 19.1 Å². The Balaban J connectivity index is 2.10. The second kappa shape index (κ2) is 6.12. The van der Waals surface area contributed by atoms with Gasteiger partial charge >= 0.3 is 5.97 Å². The Morgan fingerprint density at radius 2 is 2.42 bits per heavy atom. The van der Waals surface area contributed by atoms with Gasteiger partial charge in [-0.3, -0.25) is 9.69 Å². The van der Waals surface area contributed by atoms with Crippen molar-refractivity contribution in [3.8, 4) is 0 Å². The van der Waals surface area contributed by atoms with Crippen molar-refractivity contribution in [1.29, 1.82) is 0 Å². The third kappa shape index (κ3) is 3.30. The monoisotopic (exact) mass is 267 g/mol. The normalized spacial score (nSPS) is 22.1. The van der Waals surface area contributed by atoms with E-state index in [1.54, 1.807) is 12.1 Å². The smallest absolute Gasteiger partial charge is 0.320 e. The van der Waals surface area contributed by atoms with E-state index in [9.17, 15) is 14.3 Å². The molecule has 5 heteroatoms. The van der Waals surface area contributed by atoms with E-state index < -0.39 is 12.0 Å². The summed E-state index contributed by atoms with van der Waals surface area (Å²) in [5.41, 5.74) is 0.755. The molecule has 0 saturated carbocycles. The number of nitrogens with zero attached hydrogens (tertiary/aromatic N) is 1. The zero-order valence-corrected chi connectivity index (χ0v) is 10.9. The van der Waals surface area contributed by atoms with Gasteiger partial charge in [-0.25, -0.2) is 4.39 Å². The Hall–Kier alpha value is -1.46. The van der Waals surface area contributed by atoms with Crippen molar-refractivity contribution in [1.82, 2.24) is 4.90 Å². The Labute approximate surface area is 111 Å². The van der Waals surface area contributed by atoms with Crippen LogP contribution in [0, 0.1) is 5.82 Å². The molecule has 0 radical (unpaired) electrons. The highest BCUT2D eigenvalue weighted by Gasteiger charge is 2.30. The number of morpholine rings is 1. The number of hydrogen-bond donors (Lipinski definition) is 1. The Morgan fingerprint density at radius 3 is 3.05 bits per heavy atom. The molecule has 2 atom stereocenters. The largest absolute Gasteiger partial charge is 0.480 e. The van der Waals surface area contributed by atoms with Crippen LogP contribution in [0.5, 0.6) is 0 Å². The molecule has 0 bridgehead atoms. The molecule has 104 valence electrons. The summed E-state index contributed by atoms with van der Waals surface area (Å²) < 4.78 is 18.8. The van der Waals surface area contributed by atoms with Crippen molar-refractivity contribution in [2.24, 2.45) is 0 Å². The number of hydrogen-bond acceptors (Lipinski definition) is 3. The van der Waals surface area contributed by atoms with Crippen LogP contribution < -0.4 is 0 Å². The summed E-state index contributed by atoms with van der Waals surface area (Å²) in [6.07, 6.45) is 0.281. The Kier molecular flexibility index (Phi) is 4.50. The van der Waals surface area contributed by atoms with E-state index in [0.717, 1.165) is 5.56 Å². The molecule has 1 aliphatic rings. The van der Waals surface area contributed by atoms with Crippen LogP contribution in [0.15, 0.2) is 24.3 Å². The third-order valence-electron chi connectivity index (χ3n) is 3.43. The molecule has 4 nitrogen and oxygen atoms in total. The first kappa shape index (κ1) is 14.0. The zero-order chi connectivity index (χ0) is 13.8. The first-order valence-corrected chi connectivity index (χ1v) is 6.45. The Morgan fingerprint density at radius 1 is 1.63 bits per heavy atom. The van der Waals surface area contributed by atoms with Crippen LogP contribution in [0.1, 0.15) is 25.0 Å². The fourth-order valence-corrected chi connectivity index (χ4v) is 2.45. The highest BCUT2D eigenvalue weighted by atomic mass is 19.1. The van der Waals surface area contributed by atoms with E-state index in [4.69, 9.17) is 4.74 Å². The van der Waals surface area contributed by atoms with E-state index >= 15 is 0 Å². The number of ether oxygens (including phenoxy) is 1. The SMILES string of the molecule is CC[C@@H](C(=O)O)N1CCO[C@@H](c2cccc(F)c2)C1. The zero-order valence-electron chi connectivity index (χ0n) is 10.9. The summed E-state index contributed by atoms with van der Waals surface area (Å²) in [6.45, 7) is 3.39. The Bertz CT molecular complexity index is 452. The molecule has 0 aliphatic carbocycles. The van der Waals surface area contributed by atoms with Crippen molar-refractivity contribution >= 4 is 5.97 Å². The van der Waals surface area contributed by atoms with Gasteiger partial charge in [0.1, 0.15) is 11.9 Å². The van der Waals surface area contributed by atoms with Crippen LogP contribution in [0.4, 0.5) is 4.39 Å². The summed E-state index contributed by atoms with van der Waals surface area (Å²) in [5, 5.41) is 9.18. The molecule has 0 spiro atoms. The maximum atomic E-state index is 13.2. The van der Waals surface area contributed by atoms with Crippen LogP contribution in [-0.2, 0) is 9.53 Å². The first-order chi connectivity index (χ1) is 9.11. The molecule has 1 fully saturated rings. The molecule has 1 aromatic rings. The lowest BCUT2D eigenvalue weighted by Crippen LogP contribution is -2.48. The van der Waals surface area contributed by atoms with Gasteiger partial charge in [0.2, 0.25) is 0 Å². The van der Waals surface area contributed by atoms with Crippen molar-refractivity contribution < 1.29 is 19.0 Å². The lowest BCUT2D eigenvalue weighted by molar-refractivity contribution is -0.147. The highest BCUT2D eigenvalue weighted by Crippen LogP contribution is 2.24. The van der Waals surface area contributed by atoms with Crippen molar-refractivity contribution in [2.75, 3.05) is 19.7 Å². The van der Waals surface area contributed by atoms with Crippen molar-refractivity contribution in [3.63, 3.8) is 0 Å². The molecular weight excluding hydrogens is 249 g/mol. The average Bonchev–Trinajstić information content (AvgIpc) is 2.39. The maximum absolute atomic E-state index is 13.2. The summed E-state index contributed by atoms with van der Waals surface area (Å²) in [5.74, 6) is -1.12. The van der Waals surface area contributed by atoms with E-state index in [1.807, 2.05) is 11.8 Å². The van der Waals surface area contributed by atoms with Crippen molar-refractivity contribution in [3.05, 3.63) is 35.6 Å². The molecule has 0 aromatic heterocycles. The van der Waals surface area contributed by atoms with E-state index in [-0.39, 0.29) is 11.9 Å². The minimum absolute atomic E-state index is 0.266. The van der Waals surface area contributed by atoms with Gasteiger partial charge in [0.15, 0.2) is 0 Å². The lowest BCUT2D eigenvalue weighted by Gasteiger charge is -2.36. The molecule has 19 heavy (non-hydrogen) atoms. The fourth-order valence-electron chi connectivity index (χ4n) is 2.45. The van der Waals surface area contributed by atoms with Gasteiger partial charge < -0.3 is 9.84 Å². The maximum Gasteiger partial charge on any atom is 0.320 e. The average molecular weight is 267 g/mol. The number of carboxylic acid groups (broad SMARTS) is 1. The topological polar surface area (TPSA) is 49.8 Å². The van der Waals surface area contributed by atoms with Gasteiger partial charge in [-0.15, -0.1) is 0 Å². The second-order valence-electron chi connectivity index (χ2n) is 4.67. The predicted molar refractivity (Wildman–Crippen MR) is 68.4 cm³/mol. The van der Waals surface area contributed by atoms with Gasteiger partial charge in [-0.2, -0.15) is 0 Å². The quantitative estimate of drug-likeness (QED) is 0.907. The number of benzene rings is 1. The summed E-state index contributed by atoms with van der Waals surface area (Å²) in [4.78, 5) is 13.1. The molecule has 1 N–H and O–H groups in total. The standard InChI is InChI=1S/C14H18FNO3/c1-2-12(14(17)18)16-6-7-19-13(9-16)10-4-3-5-11(15)8-10/h3-5,8,12-13H,2,6-7,9H2,1H3,(H,17,18)/t12-,13+/m0/s1. The van der Waals surface area contributed by atoms with Gasteiger partial charge in [0, 0.05) is 13.1 Å². The summed E-state index contributed by atoms with van der Waals surface area (Å²) in [6, 6.07) is 5.77. The van der Waals surface area contributed by atoms with Crippen LogP contribution in [0.3, 0.4) is 0 Å². The van der Waals surface area contributed by atoms with E-state index in [1.165, 1.54) is 12.1 Å². The minimum atomic E-state index is -0.817. The minimum Gasteiger partial charge on any atom is -0.480 e. The second-order valence-corrected chi connectivity index (χ2v) is 4.67. The van der Waals surface area contributed by atoms with Crippen LogP contribution in [-0.4, -0.2) is 41.7 Å². The molecule has 2 rings (SSSR count). The lowest BCUT2D eigenvalue weighted by atomic mass is 10.1. The molecule has 1 heterocycles. The number of carbonyl (C=O) groups is 1. The number of halogens is 1. The van der Waals surface area contributed by atoms with Gasteiger partial charge in [0.05, 0.1) is 12.7 Å². The predicted octanol–water partition coefficient (Wildman–Crippen LogP) is 2.06. The van der Waals surface area contributed by atoms with Crippen LogP contribution >= 0.6 is 0 Å². The van der Waals surface area contributed by atoms with Crippen LogP contribution in [0.25, 0.3) is 0 Å². The number of rotatable bonds is 4. The van der Waals surface area contributed by atoms with Gasteiger partial charge in [0.25, 0.3) is 0 Å². The molecule has 1 saturated heterocycles. The molecule has 0 unspecified atom stereocenters. The third-order valence-corrected chi connectivity index (χ3v) is 3.43. The molecular formula is C14H18FNO3. The first-order valence-electron chi connectivity index (χ1n) is 6.45. The molecule has 1 aromatic carbocycles.